The third-order valence-corrected chi connectivity index (χ3v) is 4.23. The summed E-state index contributed by atoms with van der Waals surface area (Å²) in [5.74, 6) is 1.17. The number of carbonyl (C=O) groups excluding carboxylic acids is 1. The maximum absolute atomic E-state index is 11.9. The standard InChI is InChI=1S/C16H18N2O4S/c1-2-21-11-3-5-12(6-4-11)22-10-15(19)18-16-17-13-7-8-20-9-14(13)23-16/h3-6H,2,7-10H2,1H3,(H,17,18,19). The Bertz CT molecular complexity index is 646. The van der Waals surface area contributed by atoms with Crippen molar-refractivity contribution in [2.24, 2.45) is 0 Å². The van der Waals surface area contributed by atoms with Gasteiger partial charge in [0.2, 0.25) is 0 Å². The number of aromatic nitrogens is 1. The lowest BCUT2D eigenvalue weighted by atomic mass is 10.2. The number of rotatable bonds is 6. The van der Waals surface area contributed by atoms with Crippen molar-refractivity contribution in [2.75, 3.05) is 25.1 Å². The molecule has 0 atom stereocenters. The van der Waals surface area contributed by atoms with Crippen molar-refractivity contribution < 1.29 is 19.0 Å². The fourth-order valence-corrected chi connectivity index (χ4v) is 3.14. The lowest BCUT2D eigenvalue weighted by molar-refractivity contribution is -0.118. The van der Waals surface area contributed by atoms with Gasteiger partial charge in [0.15, 0.2) is 11.7 Å². The van der Waals surface area contributed by atoms with Gasteiger partial charge in [-0.1, -0.05) is 11.3 Å². The van der Waals surface area contributed by atoms with Crippen LogP contribution < -0.4 is 14.8 Å². The molecule has 23 heavy (non-hydrogen) atoms. The zero-order chi connectivity index (χ0) is 16.1. The van der Waals surface area contributed by atoms with Gasteiger partial charge in [-0.25, -0.2) is 4.98 Å². The van der Waals surface area contributed by atoms with Gasteiger partial charge in [0.05, 0.1) is 30.4 Å². The Morgan fingerprint density at radius 3 is 2.74 bits per heavy atom. The van der Waals surface area contributed by atoms with Gasteiger partial charge >= 0.3 is 0 Å². The van der Waals surface area contributed by atoms with Crippen LogP contribution in [0, 0.1) is 0 Å². The quantitative estimate of drug-likeness (QED) is 0.879. The van der Waals surface area contributed by atoms with Gasteiger partial charge in [-0.3, -0.25) is 10.1 Å². The van der Waals surface area contributed by atoms with Crippen LogP contribution in [0.25, 0.3) is 0 Å². The zero-order valence-electron chi connectivity index (χ0n) is 12.8. The van der Waals surface area contributed by atoms with Crippen molar-refractivity contribution in [1.29, 1.82) is 0 Å². The molecule has 1 aliphatic rings. The van der Waals surface area contributed by atoms with E-state index in [2.05, 4.69) is 10.3 Å². The minimum atomic E-state index is -0.231. The Balaban J connectivity index is 1.50. The molecule has 2 aromatic rings. The Kier molecular flexibility index (Phi) is 5.09. The summed E-state index contributed by atoms with van der Waals surface area (Å²) in [5, 5.41) is 3.36. The maximum atomic E-state index is 11.9. The van der Waals surface area contributed by atoms with Gasteiger partial charge in [0.25, 0.3) is 5.91 Å². The molecular formula is C16H18N2O4S. The molecule has 7 heteroatoms. The van der Waals surface area contributed by atoms with Crippen molar-refractivity contribution in [3.05, 3.63) is 34.8 Å². The monoisotopic (exact) mass is 334 g/mol. The van der Waals surface area contributed by atoms with Crippen LogP contribution in [0.4, 0.5) is 5.13 Å². The van der Waals surface area contributed by atoms with Crippen molar-refractivity contribution in [3.8, 4) is 11.5 Å². The van der Waals surface area contributed by atoms with Gasteiger partial charge in [-0.05, 0) is 31.2 Å². The summed E-state index contributed by atoms with van der Waals surface area (Å²) < 4.78 is 16.2. The number of ether oxygens (including phenoxy) is 3. The van der Waals surface area contributed by atoms with E-state index in [0.717, 1.165) is 22.7 Å². The predicted octanol–water partition coefficient (Wildman–Crippen LogP) is 2.63. The second-order valence-corrected chi connectivity index (χ2v) is 6.02. The van der Waals surface area contributed by atoms with Crippen molar-refractivity contribution in [1.82, 2.24) is 4.98 Å². The molecular weight excluding hydrogens is 316 g/mol. The normalized spacial score (nSPS) is 13.3. The van der Waals surface area contributed by atoms with Crippen LogP contribution in [-0.2, 0) is 22.6 Å². The van der Waals surface area contributed by atoms with E-state index in [-0.39, 0.29) is 12.5 Å². The van der Waals surface area contributed by atoms with Crippen LogP contribution in [0.5, 0.6) is 11.5 Å². The summed E-state index contributed by atoms with van der Waals surface area (Å²) in [4.78, 5) is 17.4. The van der Waals surface area contributed by atoms with Crippen LogP contribution >= 0.6 is 11.3 Å². The molecule has 122 valence electrons. The van der Waals surface area contributed by atoms with E-state index in [1.165, 1.54) is 11.3 Å². The fourth-order valence-electron chi connectivity index (χ4n) is 2.18. The van der Waals surface area contributed by atoms with Gasteiger partial charge in [0, 0.05) is 6.42 Å². The number of fused-ring (bicyclic) bond motifs is 1. The van der Waals surface area contributed by atoms with E-state index < -0.39 is 0 Å². The van der Waals surface area contributed by atoms with Gasteiger partial charge in [0.1, 0.15) is 11.5 Å². The first-order valence-corrected chi connectivity index (χ1v) is 8.28. The van der Waals surface area contributed by atoms with Crippen LogP contribution in [-0.4, -0.2) is 30.7 Å². The Hall–Kier alpha value is -2.12. The third-order valence-electron chi connectivity index (χ3n) is 3.25. The smallest absolute Gasteiger partial charge is 0.264 e. The van der Waals surface area contributed by atoms with Gasteiger partial charge in [-0.15, -0.1) is 0 Å². The average Bonchev–Trinajstić information content (AvgIpc) is 2.96. The lowest BCUT2D eigenvalue weighted by Crippen LogP contribution is -2.20. The summed E-state index contributed by atoms with van der Waals surface area (Å²) in [7, 11) is 0. The van der Waals surface area contributed by atoms with Gasteiger partial charge in [-0.2, -0.15) is 0 Å². The molecule has 0 unspecified atom stereocenters. The first-order chi connectivity index (χ1) is 11.2. The molecule has 0 fully saturated rings. The van der Waals surface area contributed by atoms with Crippen LogP contribution in [0.2, 0.25) is 0 Å². The SMILES string of the molecule is CCOc1ccc(OCC(=O)Nc2nc3c(s2)COCC3)cc1. The summed E-state index contributed by atoms with van der Waals surface area (Å²) >= 11 is 1.45. The van der Waals surface area contributed by atoms with Gasteiger partial charge < -0.3 is 14.2 Å². The third kappa shape index (κ3) is 4.20. The summed E-state index contributed by atoms with van der Waals surface area (Å²) in [6.45, 7) is 3.74. The highest BCUT2D eigenvalue weighted by molar-refractivity contribution is 7.15. The average molecular weight is 334 g/mol. The molecule has 0 spiro atoms. The highest BCUT2D eigenvalue weighted by Crippen LogP contribution is 2.27. The van der Waals surface area contributed by atoms with Crippen LogP contribution in [0.15, 0.2) is 24.3 Å². The lowest BCUT2D eigenvalue weighted by Gasteiger charge is -2.08. The van der Waals surface area contributed by atoms with Crippen LogP contribution in [0.3, 0.4) is 0 Å². The van der Waals surface area contributed by atoms with Crippen molar-refractivity contribution >= 4 is 22.4 Å². The topological polar surface area (TPSA) is 69.7 Å². The van der Waals surface area contributed by atoms with Crippen molar-refractivity contribution in [3.63, 3.8) is 0 Å². The summed E-state index contributed by atoms with van der Waals surface area (Å²) in [5.41, 5.74) is 1.02. The second kappa shape index (κ2) is 7.43. The minimum Gasteiger partial charge on any atom is -0.494 e. The molecule has 1 aromatic heterocycles. The van der Waals surface area contributed by atoms with E-state index in [4.69, 9.17) is 14.2 Å². The number of anilines is 1. The predicted molar refractivity (Wildman–Crippen MR) is 87.2 cm³/mol. The number of nitrogens with one attached hydrogen (secondary N) is 1. The molecule has 0 saturated heterocycles. The van der Waals surface area contributed by atoms with E-state index in [9.17, 15) is 4.79 Å². The Morgan fingerprint density at radius 2 is 2.04 bits per heavy atom. The largest absolute Gasteiger partial charge is 0.494 e. The highest BCUT2D eigenvalue weighted by atomic mass is 32.1. The van der Waals surface area contributed by atoms with Crippen LogP contribution in [0.1, 0.15) is 17.5 Å². The number of thiazole rings is 1. The van der Waals surface area contributed by atoms with E-state index >= 15 is 0 Å². The minimum absolute atomic E-state index is 0.0608. The van der Waals surface area contributed by atoms with E-state index in [1.54, 1.807) is 12.1 Å². The number of benzene rings is 1. The number of amides is 1. The number of hydrogen-bond acceptors (Lipinski definition) is 6. The summed E-state index contributed by atoms with van der Waals surface area (Å²) in [6, 6.07) is 7.17. The molecule has 1 N–H and O–H groups in total. The first kappa shape index (κ1) is 15.8. The highest BCUT2D eigenvalue weighted by Gasteiger charge is 2.16. The van der Waals surface area contributed by atoms with E-state index in [0.29, 0.717) is 30.7 Å². The molecule has 0 aliphatic carbocycles. The molecule has 0 radical (unpaired) electrons. The molecule has 1 amide bonds. The number of hydrogen-bond donors (Lipinski definition) is 1. The second-order valence-electron chi connectivity index (χ2n) is 4.93. The molecule has 1 aliphatic heterocycles. The first-order valence-electron chi connectivity index (χ1n) is 7.46. The molecule has 1 aromatic carbocycles. The van der Waals surface area contributed by atoms with E-state index in [1.807, 2.05) is 19.1 Å². The Labute approximate surface area is 138 Å². The Morgan fingerprint density at radius 1 is 1.30 bits per heavy atom. The fraction of sp³-hybridized carbons (Fsp3) is 0.375. The molecule has 6 nitrogen and oxygen atoms in total. The van der Waals surface area contributed by atoms with Crippen molar-refractivity contribution in [2.45, 2.75) is 20.0 Å². The molecule has 0 bridgehead atoms. The molecule has 0 saturated carbocycles. The number of carbonyl (C=O) groups is 1. The zero-order valence-corrected chi connectivity index (χ0v) is 13.6. The number of nitrogens with zero attached hydrogens (tertiary/aromatic N) is 1. The summed E-state index contributed by atoms with van der Waals surface area (Å²) in [6.07, 6.45) is 0.796. The maximum Gasteiger partial charge on any atom is 0.264 e. The molecule has 3 rings (SSSR count). The molecule has 2 heterocycles.